The number of amides is 1. The van der Waals surface area contributed by atoms with Crippen molar-refractivity contribution >= 4 is 17.5 Å². The second-order valence-electron chi connectivity index (χ2n) is 6.09. The Morgan fingerprint density at radius 3 is 2.91 bits per heavy atom. The molecule has 1 saturated carbocycles. The first kappa shape index (κ1) is 16.7. The van der Waals surface area contributed by atoms with Crippen LogP contribution in [0, 0.1) is 5.82 Å². The number of rotatable bonds is 4. The second-order valence-corrected chi connectivity index (χ2v) is 6.50. The van der Waals surface area contributed by atoms with Crippen LogP contribution in [-0.4, -0.2) is 43.2 Å². The Bertz CT molecular complexity index is 563. The third-order valence-corrected chi connectivity index (χ3v) is 4.77. The number of hydrogen-bond donors (Lipinski definition) is 0. The van der Waals surface area contributed by atoms with E-state index in [-0.39, 0.29) is 29.7 Å². The highest BCUT2D eigenvalue weighted by atomic mass is 35.5. The number of hydrogen-bond acceptors (Lipinski definition) is 3. The molecule has 0 radical (unpaired) electrons. The van der Waals surface area contributed by atoms with Crippen LogP contribution in [0.15, 0.2) is 18.2 Å². The van der Waals surface area contributed by atoms with Gasteiger partial charge in [-0.1, -0.05) is 30.5 Å². The van der Waals surface area contributed by atoms with E-state index >= 15 is 0 Å². The van der Waals surface area contributed by atoms with Crippen LogP contribution < -0.4 is 0 Å². The van der Waals surface area contributed by atoms with Gasteiger partial charge < -0.3 is 14.4 Å². The van der Waals surface area contributed by atoms with Crippen LogP contribution in [0.4, 0.5) is 4.39 Å². The molecule has 3 rings (SSSR count). The first-order chi connectivity index (χ1) is 11.1. The quantitative estimate of drug-likeness (QED) is 0.843. The predicted octanol–water partition coefficient (Wildman–Crippen LogP) is 3.34. The van der Waals surface area contributed by atoms with E-state index in [1.165, 1.54) is 18.9 Å². The lowest BCUT2D eigenvalue weighted by Gasteiger charge is -2.33. The van der Waals surface area contributed by atoms with E-state index in [0.717, 1.165) is 18.4 Å². The summed E-state index contributed by atoms with van der Waals surface area (Å²) in [4.78, 5) is 14.1. The highest BCUT2D eigenvalue weighted by Gasteiger charge is 2.27. The molecule has 23 heavy (non-hydrogen) atoms. The second kappa shape index (κ2) is 7.60. The summed E-state index contributed by atoms with van der Waals surface area (Å²) in [6.07, 6.45) is 4.41. The summed E-state index contributed by atoms with van der Waals surface area (Å²) in [5.74, 6) is -0.470. The zero-order valence-electron chi connectivity index (χ0n) is 13.0. The Balaban J connectivity index is 1.56. The summed E-state index contributed by atoms with van der Waals surface area (Å²) >= 11 is 5.82. The zero-order chi connectivity index (χ0) is 16.2. The van der Waals surface area contributed by atoms with Crippen molar-refractivity contribution < 1.29 is 18.7 Å². The maximum Gasteiger partial charge on any atom is 0.248 e. The molecule has 0 bridgehead atoms. The normalized spacial score (nSPS) is 22.5. The van der Waals surface area contributed by atoms with E-state index in [1.807, 2.05) is 0 Å². The lowest BCUT2D eigenvalue weighted by Crippen LogP contribution is -2.44. The minimum absolute atomic E-state index is 0.0154. The zero-order valence-corrected chi connectivity index (χ0v) is 13.7. The van der Waals surface area contributed by atoms with E-state index in [2.05, 4.69) is 0 Å². The first-order valence-corrected chi connectivity index (χ1v) is 8.47. The van der Waals surface area contributed by atoms with Crippen LogP contribution >= 0.6 is 11.6 Å². The van der Waals surface area contributed by atoms with Crippen molar-refractivity contribution in [2.24, 2.45) is 0 Å². The first-order valence-electron chi connectivity index (χ1n) is 8.09. The van der Waals surface area contributed by atoms with Crippen molar-refractivity contribution in [2.75, 3.05) is 26.3 Å². The smallest absolute Gasteiger partial charge is 0.248 e. The lowest BCUT2D eigenvalue weighted by atomic mass is 10.1. The molecule has 2 aliphatic rings. The molecule has 126 valence electrons. The number of benzene rings is 1. The predicted molar refractivity (Wildman–Crippen MR) is 84.9 cm³/mol. The van der Waals surface area contributed by atoms with E-state index in [0.29, 0.717) is 19.7 Å². The molecule has 0 spiro atoms. The number of morpholine rings is 1. The van der Waals surface area contributed by atoms with Gasteiger partial charge in [-0.25, -0.2) is 4.39 Å². The maximum atomic E-state index is 13.3. The van der Waals surface area contributed by atoms with Crippen molar-refractivity contribution in [1.29, 1.82) is 0 Å². The van der Waals surface area contributed by atoms with Crippen LogP contribution in [0.3, 0.4) is 0 Å². The standard InChI is InChI=1S/C17H21ClFNO3/c18-14-9-12(5-6-15(14)19)16-10-20(7-8-22-16)17(21)11-23-13-3-1-2-4-13/h5-6,9,13,16H,1-4,7-8,10-11H2/t16-/m0/s1. The topological polar surface area (TPSA) is 38.8 Å². The Labute approximate surface area is 140 Å². The van der Waals surface area contributed by atoms with Gasteiger partial charge in [0.05, 0.1) is 24.3 Å². The van der Waals surface area contributed by atoms with Crippen LogP contribution in [0.1, 0.15) is 37.4 Å². The van der Waals surface area contributed by atoms with E-state index in [9.17, 15) is 9.18 Å². The van der Waals surface area contributed by atoms with Gasteiger partial charge in [0.15, 0.2) is 0 Å². The number of carbonyl (C=O) groups excluding carboxylic acids is 1. The van der Waals surface area contributed by atoms with Gasteiger partial charge in [0.2, 0.25) is 5.91 Å². The van der Waals surface area contributed by atoms with Crippen molar-refractivity contribution in [3.8, 4) is 0 Å². The average molecular weight is 342 g/mol. The number of halogens is 2. The van der Waals surface area contributed by atoms with Gasteiger partial charge in [-0.3, -0.25) is 4.79 Å². The summed E-state index contributed by atoms with van der Waals surface area (Å²) < 4.78 is 24.7. The van der Waals surface area contributed by atoms with Crippen LogP contribution in [0.5, 0.6) is 0 Å². The summed E-state index contributed by atoms with van der Waals surface area (Å²) in [6.45, 7) is 1.57. The highest BCUT2D eigenvalue weighted by Crippen LogP contribution is 2.26. The summed E-state index contributed by atoms with van der Waals surface area (Å²) in [5, 5.41) is 0.0686. The highest BCUT2D eigenvalue weighted by molar-refractivity contribution is 6.30. The Hall–Kier alpha value is -1.17. The fourth-order valence-electron chi connectivity index (χ4n) is 3.13. The summed E-state index contributed by atoms with van der Waals surface area (Å²) in [7, 11) is 0. The third-order valence-electron chi connectivity index (χ3n) is 4.48. The third kappa shape index (κ3) is 4.22. The van der Waals surface area contributed by atoms with Gasteiger partial charge in [0.25, 0.3) is 0 Å². The van der Waals surface area contributed by atoms with Gasteiger partial charge in [-0.15, -0.1) is 0 Å². The van der Waals surface area contributed by atoms with E-state index in [4.69, 9.17) is 21.1 Å². The fourth-order valence-corrected chi connectivity index (χ4v) is 3.31. The molecule has 0 N–H and O–H groups in total. The molecule has 1 heterocycles. The fraction of sp³-hybridized carbons (Fsp3) is 0.588. The van der Waals surface area contributed by atoms with E-state index < -0.39 is 5.82 Å². The number of carbonyl (C=O) groups is 1. The number of ether oxygens (including phenoxy) is 2. The molecule has 1 amide bonds. The van der Waals surface area contributed by atoms with Crippen LogP contribution in [0.2, 0.25) is 5.02 Å². The molecule has 1 aromatic carbocycles. The number of nitrogens with zero attached hydrogens (tertiary/aromatic N) is 1. The van der Waals surface area contributed by atoms with Gasteiger partial charge in [0, 0.05) is 6.54 Å². The molecule has 1 aliphatic heterocycles. The SMILES string of the molecule is O=C(COC1CCCC1)N1CCO[C@H](c2ccc(F)c(Cl)c2)C1. The minimum Gasteiger partial charge on any atom is -0.370 e. The van der Waals surface area contributed by atoms with Gasteiger partial charge in [-0.05, 0) is 30.5 Å². The molecule has 1 saturated heterocycles. The van der Waals surface area contributed by atoms with Crippen LogP contribution in [0.25, 0.3) is 0 Å². The lowest BCUT2D eigenvalue weighted by molar-refractivity contribution is -0.145. The molecular weight excluding hydrogens is 321 g/mol. The molecular formula is C17H21ClFNO3. The van der Waals surface area contributed by atoms with Gasteiger partial charge in [-0.2, -0.15) is 0 Å². The Kier molecular flexibility index (Phi) is 5.51. The molecule has 1 atom stereocenters. The molecule has 1 aromatic rings. The molecule has 4 nitrogen and oxygen atoms in total. The van der Waals surface area contributed by atoms with Crippen molar-refractivity contribution in [1.82, 2.24) is 4.90 Å². The maximum absolute atomic E-state index is 13.3. The molecule has 1 aliphatic carbocycles. The molecule has 2 fully saturated rings. The van der Waals surface area contributed by atoms with Gasteiger partial charge >= 0.3 is 0 Å². The van der Waals surface area contributed by atoms with E-state index in [1.54, 1.807) is 17.0 Å². The largest absolute Gasteiger partial charge is 0.370 e. The molecule has 0 aromatic heterocycles. The van der Waals surface area contributed by atoms with Crippen LogP contribution in [-0.2, 0) is 14.3 Å². The summed E-state index contributed by atoms with van der Waals surface area (Å²) in [5.41, 5.74) is 0.783. The Morgan fingerprint density at radius 1 is 1.39 bits per heavy atom. The van der Waals surface area contributed by atoms with Gasteiger partial charge in [0.1, 0.15) is 18.5 Å². The molecule has 0 unspecified atom stereocenters. The monoisotopic (exact) mass is 341 g/mol. The van der Waals surface area contributed by atoms with Crippen molar-refractivity contribution in [2.45, 2.75) is 37.9 Å². The molecule has 6 heteroatoms. The minimum atomic E-state index is -0.455. The van der Waals surface area contributed by atoms with Crippen molar-refractivity contribution in [3.05, 3.63) is 34.6 Å². The average Bonchev–Trinajstić information content (AvgIpc) is 3.09. The summed E-state index contributed by atoms with van der Waals surface area (Å²) in [6, 6.07) is 4.53. The Morgan fingerprint density at radius 2 is 2.17 bits per heavy atom. The van der Waals surface area contributed by atoms with Crippen molar-refractivity contribution in [3.63, 3.8) is 0 Å².